The number of carbonyl (C=O) groups is 1. The third kappa shape index (κ3) is 7.17. The normalized spacial score (nSPS) is 11.3. The number of para-hydroxylation sites is 1. The van der Waals surface area contributed by atoms with Gasteiger partial charge in [-0.1, -0.05) is 66.2 Å². The van der Waals surface area contributed by atoms with Crippen LogP contribution in [0.15, 0.2) is 72.8 Å². The number of rotatable bonds is 7. The minimum absolute atomic E-state index is 0.0777. The molecule has 0 unspecified atom stereocenters. The number of thiocarbonyl (C=S) groups is 1. The van der Waals surface area contributed by atoms with Crippen LogP contribution in [0.5, 0.6) is 0 Å². The Kier molecular flexibility index (Phi) is 8.48. The van der Waals surface area contributed by atoms with Crippen molar-refractivity contribution in [2.45, 2.75) is 33.2 Å². The molecule has 0 saturated heterocycles. The molecule has 0 atom stereocenters. The molecule has 0 aliphatic heterocycles. The third-order valence-corrected chi connectivity index (χ3v) is 5.57. The maximum absolute atomic E-state index is 12.9. The number of halogens is 1. The van der Waals surface area contributed by atoms with Gasteiger partial charge in [0.2, 0.25) is 0 Å². The number of benzene rings is 3. The van der Waals surface area contributed by atoms with E-state index < -0.39 is 0 Å². The Morgan fingerprint density at radius 2 is 1.71 bits per heavy atom. The maximum atomic E-state index is 12.9. The molecule has 0 heterocycles. The molecule has 3 aromatic rings. The van der Waals surface area contributed by atoms with E-state index in [0.29, 0.717) is 27.8 Å². The highest BCUT2D eigenvalue weighted by atomic mass is 35.5. The van der Waals surface area contributed by atoms with Crippen LogP contribution in [0.1, 0.15) is 47.8 Å². The minimum atomic E-state index is -0.0793. The first-order chi connectivity index (χ1) is 16.1. The average Bonchev–Trinajstić information content (AvgIpc) is 2.76. The quantitative estimate of drug-likeness (QED) is 0.248. The number of aryl methyl sites for hydroxylation is 1. The van der Waals surface area contributed by atoms with Crippen molar-refractivity contribution in [2.24, 2.45) is 0 Å². The summed E-state index contributed by atoms with van der Waals surface area (Å²) in [5, 5.41) is 10.9. The highest BCUT2D eigenvalue weighted by Crippen LogP contribution is 2.28. The number of hydrogen-bond acceptors (Lipinski definition) is 3. The molecule has 0 aliphatic rings. The topological polar surface area (TPSA) is 53.2 Å². The first-order valence-corrected chi connectivity index (χ1v) is 11.9. The lowest BCUT2D eigenvalue weighted by atomic mass is 9.99. The van der Waals surface area contributed by atoms with Gasteiger partial charge in [0.1, 0.15) is 0 Å². The fourth-order valence-corrected chi connectivity index (χ4v) is 4.04. The van der Waals surface area contributed by atoms with E-state index in [4.69, 9.17) is 23.8 Å². The van der Waals surface area contributed by atoms with Gasteiger partial charge in [0, 0.05) is 34.6 Å². The second kappa shape index (κ2) is 11.3. The first-order valence-electron chi connectivity index (χ1n) is 11.1. The van der Waals surface area contributed by atoms with Gasteiger partial charge in [0.15, 0.2) is 10.9 Å². The second-order valence-corrected chi connectivity index (χ2v) is 9.85. The van der Waals surface area contributed by atoms with Gasteiger partial charge in [-0.3, -0.25) is 4.79 Å². The van der Waals surface area contributed by atoms with Crippen molar-refractivity contribution in [1.82, 2.24) is 10.6 Å². The van der Waals surface area contributed by atoms with Crippen LogP contribution < -0.4 is 16.0 Å². The van der Waals surface area contributed by atoms with E-state index in [0.717, 1.165) is 22.5 Å². The Balaban J connectivity index is 1.69. The lowest BCUT2D eigenvalue weighted by Gasteiger charge is -2.22. The molecule has 0 bridgehead atoms. The van der Waals surface area contributed by atoms with E-state index >= 15 is 0 Å². The zero-order chi connectivity index (χ0) is 24.7. The molecule has 0 amide bonds. The standard InChI is InChI=1S/C28H30ClN3OS/c1-19-10-5-7-13-22(19)26(33)23-16-15-21(18-24(23)29)31-25-14-8-6-11-20(25)12-9-17-30-27(34)32-28(2,3)4/h5-16,18,31H,17H2,1-4H3,(H2,30,32,34)/b12-9+. The van der Waals surface area contributed by atoms with Gasteiger partial charge >= 0.3 is 0 Å². The van der Waals surface area contributed by atoms with Crippen molar-refractivity contribution in [3.63, 3.8) is 0 Å². The van der Waals surface area contributed by atoms with Crippen LogP contribution in [0.3, 0.4) is 0 Å². The van der Waals surface area contributed by atoms with Gasteiger partial charge in [0.25, 0.3) is 0 Å². The van der Waals surface area contributed by atoms with Crippen LogP contribution in [-0.4, -0.2) is 23.0 Å². The van der Waals surface area contributed by atoms with E-state index in [-0.39, 0.29) is 11.3 Å². The number of carbonyl (C=O) groups excluding carboxylic acids is 1. The second-order valence-electron chi connectivity index (χ2n) is 9.04. The summed E-state index contributed by atoms with van der Waals surface area (Å²) < 4.78 is 0. The van der Waals surface area contributed by atoms with Crippen molar-refractivity contribution >= 4 is 52.2 Å². The Bertz CT molecular complexity index is 1210. The minimum Gasteiger partial charge on any atom is -0.359 e. The van der Waals surface area contributed by atoms with Gasteiger partial charge < -0.3 is 16.0 Å². The van der Waals surface area contributed by atoms with Crippen LogP contribution in [0.4, 0.5) is 11.4 Å². The highest BCUT2D eigenvalue weighted by Gasteiger charge is 2.15. The largest absolute Gasteiger partial charge is 0.359 e. The Hall–Kier alpha value is -3.15. The molecule has 0 aliphatic carbocycles. The van der Waals surface area contributed by atoms with Crippen LogP contribution in [0.25, 0.3) is 6.08 Å². The fourth-order valence-electron chi connectivity index (χ4n) is 3.38. The van der Waals surface area contributed by atoms with Gasteiger partial charge in [-0.25, -0.2) is 0 Å². The van der Waals surface area contributed by atoms with E-state index in [1.807, 2.05) is 73.7 Å². The number of nitrogens with one attached hydrogen (secondary N) is 3. The Morgan fingerprint density at radius 3 is 2.41 bits per heavy atom. The predicted octanol–water partition coefficient (Wildman–Crippen LogP) is 6.90. The summed E-state index contributed by atoms with van der Waals surface area (Å²) in [6, 6.07) is 20.9. The molecular weight excluding hydrogens is 462 g/mol. The summed E-state index contributed by atoms with van der Waals surface area (Å²) in [6.07, 6.45) is 4.06. The molecule has 0 radical (unpaired) electrons. The average molecular weight is 492 g/mol. The molecule has 0 spiro atoms. The number of anilines is 2. The smallest absolute Gasteiger partial charge is 0.194 e. The lowest BCUT2D eigenvalue weighted by Crippen LogP contribution is -2.46. The van der Waals surface area contributed by atoms with Crippen molar-refractivity contribution in [3.8, 4) is 0 Å². The van der Waals surface area contributed by atoms with Crippen molar-refractivity contribution in [3.05, 3.63) is 100 Å². The van der Waals surface area contributed by atoms with Crippen molar-refractivity contribution in [1.29, 1.82) is 0 Å². The molecule has 3 rings (SSSR count). The lowest BCUT2D eigenvalue weighted by molar-refractivity contribution is 0.103. The zero-order valence-electron chi connectivity index (χ0n) is 19.9. The van der Waals surface area contributed by atoms with Gasteiger partial charge in [-0.05, 0) is 75.3 Å². The third-order valence-electron chi connectivity index (χ3n) is 5.01. The van der Waals surface area contributed by atoms with E-state index in [9.17, 15) is 4.79 Å². The van der Waals surface area contributed by atoms with Crippen LogP contribution in [0.2, 0.25) is 5.02 Å². The fraction of sp³-hybridized carbons (Fsp3) is 0.214. The molecule has 6 heteroatoms. The van der Waals surface area contributed by atoms with E-state index in [1.54, 1.807) is 12.1 Å². The predicted molar refractivity (Wildman–Crippen MR) is 148 cm³/mol. The summed E-state index contributed by atoms with van der Waals surface area (Å²) in [6.45, 7) is 8.73. The summed E-state index contributed by atoms with van der Waals surface area (Å²) in [4.78, 5) is 12.9. The molecule has 0 aromatic heterocycles. The highest BCUT2D eigenvalue weighted by molar-refractivity contribution is 7.80. The molecular formula is C28H30ClN3OS. The van der Waals surface area contributed by atoms with Crippen molar-refractivity contribution < 1.29 is 4.79 Å². The van der Waals surface area contributed by atoms with Gasteiger partial charge in [-0.15, -0.1) is 0 Å². The zero-order valence-corrected chi connectivity index (χ0v) is 21.5. The van der Waals surface area contributed by atoms with E-state index in [1.165, 1.54) is 0 Å². The molecule has 34 heavy (non-hydrogen) atoms. The van der Waals surface area contributed by atoms with E-state index in [2.05, 4.69) is 36.7 Å². The number of hydrogen-bond donors (Lipinski definition) is 3. The molecule has 4 nitrogen and oxygen atoms in total. The molecule has 3 aromatic carbocycles. The van der Waals surface area contributed by atoms with Crippen LogP contribution in [0, 0.1) is 6.92 Å². The van der Waals surface area contributed by atoms with Gasteiger partial charge in [0.05, 0.1) is 5.02 Å². The molecule has 0 saturated carbocycles. The Morgan fingerprint density at radius 1 is 1.00 bits per heavy atom. The molecule has 176 valence electrons. The summed E-state index contributed by atoms with van der Waals surface area (Å²) in [5.74, 6) is -0.0793. The van der Waals surface area contributed by atoms with Crippen LogP contribution in [-0.2, 0) is 0 Å². The number of ketones is 1. The molecule has 0 fully saturated rings. The Labute approximate surface area is 212 Å². The van der Waals surface area contributed by atoms with Crippen molar-refractivity contribution in [2.75, 3.05) is 11.9 Å². The SMILES string of the molecule is Cc1ccccc1C(=O)c1ccc(Nc2ccccc2/C=C/CNC(=S)NC(C)(C)C)cc1Cl. The maximum Gasteiger partial charge on any atom is 0.194 e. The summed E-state index contributed by atoms with van der Waals surface area (Å²) >= 11 is 11.8. The first kappa shape index (κ1) is 25.5. The summed E-state index contributed by atoms with van der Waals surface area (Å²) in [7, 11) is 0. The molecule has 3 N–H and O–H groups in total. The van der Waals surface area contributed by atoms with Gasteiger partial charge in [-0.2, -0.15) is 0 Å². The van der Waals surface area contributed by atoms with Crippen LogP contribution >= 0.6 is 23.8 Å². The summed E-state index contributed by atoms with van der Waals surface area (Å²) in [5.41, 5.74) is 4.76. The monoisotopic (exact) mass is 491 g/mol.